The van der Waals surface area contributed by atoms with E-state index in [1.54, 1.807) is 12.1 Å². The number of ether oxygens (including phenoxy) is 1. The monoisotopic (exact) mass is 223 g/mol. The molecule has 0 N–H and O–H groups in total. The summed E-state index contributed by atoms with van der Waals surface area (Å²) in [4.78, 5) is 2.24. The smallest absolute Gasteiger partial charge is 0.129 e. The second-order valence-corrected chi connectivity index (χ2v) is 4.53. The van der Waals surface area contributed by atoms with Crippen LogP contribution in [0.25, 0.3) is 0 Å². The minimum Gasteiger partial charge on any atom is -0.370 e. The highest BCUT2D eigenvalue weighted by molar-refractivity contribution is 5.21. The van der Waals surface area contributed by atoms with Gasteiger partial charge >= 0.3 is 0 Å². The molecule has 88 valence electrons. The number of likely N-dealkylation sites (N-methyl/N-ethyl adjacent to an activating group) is 1. The lowest BCUT2D eigenvalue weighted by molar-refractivity contribution is -0.0865. The number of halogens is 1. The SMILES string of the molecule is CC1COC(c2ccccc2F)C(C)N1C. The molecule has 2 nitrogen and oxygen atoms in total. The first-order chi connectivity index (χ1) is 7.61. The van der Waals surface area contributed by atoms with Crippen LogP contribution >= 0.6 is 0 Å². The third-order valence-corrected chi connectivity index (χ3v) is 3.50. The molecule has 1 aromatic carbocycles. The summed E-state index contributed by atoms with van der Waals surface area (Å²) in [6.07, 6.45) is -0.164. The molecule has 3 unspecified atom stereocenters. The van der Waals surface area contributed by atoms with Gasteiger partial charge in [-0.15, -0.1) is 0 Å². The summed E-state index contributed by atoms with van der Waals surface area (Å²) in [5.41, 5.74) is 0.661. The number of hydrogen-bond acceptors (Lipinski definition) is 2. The Morgan fingerprint density at radius 2 is 2.00 bits per heavy atom. The zero-order chi connectivity index (χ0) is 11.7. The molecule has 0 radical (unpaired) electrons. The lowest BCUT2D eigenvalue weighted by Crippen LogP contribution is -2.48. The van der Waals surface area contributed by atoms with Crippen LogP contribution in [0.1, 0.15) is 25.5 Å². The molecule has 16 heavy (non-hydrogen) atoms. The van der Waals surface area contributed by atoms with E-state index in [0.717, 1.165) is 0 Å². The molecule has 0 saturated carbocycles. The van der Waals surface area contributed by atoms with Crippen LogP contribution in [0, 0.1) is 5.82 Å². The number of nitrogens with zero attached hydrogens (tertiary/aromatic N) is 1. The normalized spacial score (nSPS) is 31.6. The predicted octanol–water partition coefficient (Wildman–Crippen LogP) is 2.61. The van der Waals surface area contributed by atoms with Crippen LogP contribution in [0.5, 0.6) is 0 Å². The van der Waals surface area contributed by atoms with Crippen molar-refractivity contribution in [3.63, 3.8) is 0 Å². The van der Waals surface area contributed by atoms with Crippen LogP contribution in [0.4, 0.5) is 4.39 Å². The van der Waals surface area contributed by atoms with Crippen LogP contribution < -0.4 is 0 Å². The van der Waals surface area contributed by atoms with Crippen molar-refractivity contribution >= 4 is 0 Å². The molecule has 1 aliphatic heterocycles. The van der Waals surface area contributed by atoms with Gasteiger partial charge in [0.2, 0.25) is 0 Å². The van der Waals surface area contributed by atoms with Gasteiger partial charge in [0.15, 0.2) is 0 Å². The Hall–Kier alpha value is -0.930. The van der Waals surface area contributed by atoms with E-state index in [-0.39, 0.29) is 18.0 Å². The number of benzene rings is 1. The van der Waals surface area contributed by atoms with Crippen molar-refractivity contribution < 1.29 is 9.13 Å². The fraction of sp³-hybridized carbons (Fsp3) is 0.538. The molecular weight excluding hydrogens is 205 g/mol. The van der Waals surface area contributed by atoms with E-state index in [2.05, 4.69) is 25.8 Å². The third-order valence-electron chi connectivity index (χ3n) is 3.50. The molecule has 3 atom stereocenters. The number of hydrogen-bond donors (Lipinski definition) is 0. The molecule has 1 aromatic rings. The van der Waals surface area contributed by atoms with Crippen molar-refractivity contribution in [2.75, 3.05) is 13.7 Å². The van der Waals surface area contributed by atoms with Gasteiger partial charge in [-0.05, 0) is 27.0 Å². The van der Waals surface area contributed by atoms with Crippen molar-refractivity contribution in [3.8, 4) is 0 Å². The first kappa shape index (κ1) is 11.6. The fourth-order valence-electron chi connectivity index (χ4n) is 2.17. The highest BCUT2D eigenvalue weighted by Gasteiger charge is 2.32. The van der Waals surface area contributed by atoms with Gasteiger partial charge in [-0.2, -0.15) is 0 Å². The summed E-state index contributed by atoms with van der Waals surface area (Å²) in [6, 6.07) is 7.44. The Bertz CT molecular complexity index is 369. The third kappa shape index (κ3) is 1.97. The van der Waals surface area contributed by atoms with Gasteiger partial charge in [-0.1, -0.05) is 18.2 Å². The zero-order valence-corrected chi connectivity index (χ0v) is 9.98. The van der Waals surface area contributed by atoms with Crippen LogP contribution in [-0.4, -0.2) is 30.6 Å². The highest BCUT2D eigenvalue weighted by atomic mass is 19.1. The molecule has 2 rings (SSSR count). The predicted molar refractivity (Wildman–Crippen MR) is 61.8 cm³/mol. The van der Waals surface area contributed by atoms with Gasteiger partial charge in [0.05, 0.1) is 6.61 Å². The molecule has 1 saturated heterocycles. The average Bonchev–Trinajstić information content (AvgIpc) is 2.28. The van der Waals surface area contributed by atoms with E-state index in [4.69, 9.17) is 4.74 Å². The molecule has 1 aliphatic rings. The van der Waals surface area contributed by atoms with Gasteiger partial charge in [0.25, 0.3) is 0 Å². The van der Waals surface area contributed by atoms with Crippen LogP contribution in [-0.2, 0) is 4.74 Å². The van der Waals surface area contributed by atoms with E-state index in [1.807, 2.05) is 6.07 Å². The van der Waals surface area contributed by atoms with Crippen LogP contribution in [0.2, 0.25) is 0 Å². The van der Waals surface area contributed by atoms with Crippen molar-refractivity contribution in [1.82, 2.24) is 4.90 Å². The van der Waals surface area contributed by atoms with Crippen molar-refractivity contribution in [1.29, 1.82) is 0 Å². The minimum absolute atomic E-state index is 0.164. The van der Waals surface area contributed by atoms with E-state index >= 15 is 0 Å². The van der Waals surface area contributed by atoms with Gasteiger partial charge in [-0.25, -0.2) is 4.39 Å². The zero-order valence-electron chi connectivity index (χ0n) is 9.98. The first-order valence-electron chi connectivity index (χ1n) is 5.69. The number of rotatable bonds is 1. The molecule has 3 heteroatoms. The Labute approximate surface area is 96.0 Å². The van der Waals surface area contributed by atoms with E-state index in [1.165, 1.54) is 6.07 Å². The molecular formula is C13H18FNO. The van der Waals surface area contributed by atoms with E-state index in [9.17, 15) is 4.39 Å². The minimum atomic E-state index is -0.178. The molecule has 0 amide bonds. The van der Waals surface area contributed by atoms with Gasteiger partial charge in [-0.3, -0.25) is 4.90 Å². The molecule has 0 aromatic heterocycles. The van der Waals surface area contributed by atoms with Gasteiger partial charge in [0.1, 0.15) is 11.9 Å². The Kier molecular flexibility index (Phi) is 3.26. The second-order valence-electron chi connectivity index (χ2n) is 4.53. The first-order valence-corrected chi connectivity index (χ1v) is 5.69. The number of morpholine rings is 1. The maximum Gasteiger partial charge on any atom is 0.129 e. The fourth-order valence-corrected chi connectivity index (χ4v) is 2.17. The lowest BCUT2D eigenvalue weighted by Gasteiger charge is -2.41. The summed E-state index contributed by atoms with van der Waals surface area (Å²) in [5.74, 6) is -0.178. The summed E-state index contributed by atoms with van der Waals surface area (Å²) in [7, 11) is 2.06. The van der Waals surface area contributed by atoms with Crippen molar-refractivity contribution in [2.45, 2.75) is 32.0 Å². The van der Waals surface area contributed by atoms with Crippen molar-refractivity contribution in [2.24, 2.45) is 0 Å². The summed E-state index contributed by atoms with van der Waals surface area (Å²) < 4.78 is 19.4. The summed E-state index contributed by atoms with van der Waals surface area (Å²) in [5, 5.41) is 0. The van der Waals surface area contributed by atoms with Gasteiger partial charge < -0.3 is 4.74 Å². The average molecular weight is 223 g/mol. The maximum absolute atomic E-state index is 13.7. The summed E-state index contributed by atoms with van der Waals surface area (Å²) in [6.45, 7) is 4.85. The van der Waals surface area contributed by atoms with E-state index < -0.39 is 0 Å². The van der Waals surface area contributed by atoms with Crippen LogP contribution in [0.3, 0.4) is 0 Å². The molecule has 0 bridgehead atoms. The van der Waals surface area contributed by atoms with Gasteiger partial charge in [0, 0.05) is 17.6 Å². The van der Waals surface area contributed by atoms with E-state index in [0.29, 0.717) is 18.2 Å². The topological polar surface area (TPSA) is 12.5 Å². The molecule has 0 spiro atoms. The quantitative estimate of drug-likeness (QED) is 0.725. The molecule has 1 fully saturated rings. The molecule has 1 heterocycles. The van der Waals surface area contributed by atoms with Crippen molar-refractivity contribution in [3.05, 3.63) is 35.6 Å². The highest BCUT2D eigenvalue weighted by Crippen LogP contribution is 2.31. The van der Waals surface area contributed by atoms with Crippen LogP contribution in [0.15, 0.2) is 24.3 Å². The Morgan fingerprint density at radius 1 is 1.31 bits per heavy atom. The molecule has 0 aliphatic carbocycles. The maximum atomic E-state index is 13.7. The Balaban J connectivity index is 2.25. The second kappa shape index (κ2) is 4.52. The lowest BCUT2D eigenvalue weighted by atomic mass is 9.99. The summed E-state index contributed by atoms with van der Waals surface area (Å²) >= 11 is 0. The Morgan fingerprint density at radius 3 is 2.69 bits per heavy atom. The standard InChI is InChI=1S/C13H18FNO/c1-9-8-16-13(10(2)15(9)3)11-6-4-5-7-12(11)14/h4-7,9-10,13H,8H2,1-3H3. The largest absolute Gasteiger partial charge is 0.370 e.